The number of aryl methyl sites for hydroxylation is 2. The van der Waals surface area contributed by atoms with Crippen molar-refractivity contribution in [1.82, 2.24) is 10.2 Å². The smallest absolute Gasteiger partial charge is 0.0601 e. The van der Waals surface area contributed by atoms with Crippen molar-refractivity contribution in [3.63, 3.8) is 0 Å². The van der Waals surface area contributed by atoms with Crippen LogP contribution >= 0.6 is 0 Å². The Morgan fingerprint density at radius 3 is 2.68 bits per heavy atom. The maximum atomic E-state index is 5.61. The Kier molecular flexibility index (Phi) is 3.37. The van der Waals surface area contributed by atoms with E-state index >= 15 is 0 Å². The van der Waals surface area contributed by atoms with Gasteiger partial charge in [0.25, 0.3) is 0 Å². The molecule has 1 aromatic carbocycles. The van der Waals surface area contributed by atoms with E-state index in [-0.39, 0.29) is 5.41 Å². The summed E-state index contributed by atoms with van der Waals surface area (Å²) < 4.78 is 5.61. The topological polar surface area (TPSA) is 24.5 Å². The largest absolute Gasteiger partial charge is 0.379 e. The van der Waals surface area contributed by atoms with Crippen LogP contribution in [-0.2, 0) is 10.2 Å². The van der Waals surface area contributed by atoms with Gasteiger partial charge < -0.3 is 15.0 Å². The molecule has 0 aliphatic carbocycles. The van der Waals surface area contributed by atoms with Gasteiger partial charge in [-0.25, -0.2) is 0 Å². The molecule has 2 fully saturated rings. The number of nitrogens with zero attached hydrogens (tertiary/aromatic N) is 1. The fourth-order valence-electron chi connectivity index (χ4n) is 3.51. The highest BCUT2D eigenvalue weighted by Crippen LogP contribution is 2.38. The van der Waals surface area contributed by atoms with Crippen LogP contribution in [0, 0.1) is 13.8 Å². The minimum atomic E-state index is 0.173. The van der Waals surface area contributed by atoms with Gasteiger partial charge >= 0.3 is 0 Å². The summed E-state index contributed by atoms with van der Waals surface area (Å²) in [6.07, 6.45) is 0. The molecule has 0 bridgehead atoms. The Morgan fingerprint density at radius 2 is 2.11 bits per heavy atom. The summed E-state index contributed by atoms with van der Waals surface area (Å²) >= 11 is 0. The highest BCUT2D eigenvalue weighted by Gasteiger charge is 2.48. The Morgan fingerprint density at radius 1 is 1.32 bits per heavy atom. The Labute approximate surface area is 115 Å². The molecule has 0 aromatic heterocycles. The van der Waals surface area contributed by atoms with Crippen LogP contribution in [0.2, 0.25) is 0 Å². The van der Waals surface area contributed by atoms with Gasteiger partial charge in [0, 0.05) is 25.7 Å². The molecule has 1 atom stereocenters. The van der Waals surface area contributed by atoms with Crippen LogP contribution in [0.1, 0.15) is 16.7 Å². The quantitative estimate of drug-likeness (QED) is 0.871. The van der Waals surface area contributed by atoms with Crippen molar-refractivity contribution in [2.45, 2.75) is 25.3 Å². The molecule has 3 rings (SSSR count). The summed E-state index contributed by atoms with van der Waals surface area (Å²) in [6.45, 7) is 9.41. The van der Waals surface area contributed by atoms with Crippen molar-refractivity contribution in [1.29, 1.82) is 0 Å². The summed E-state index contributed by atoms with van der Waals surface area (Å²) in [7, 11) is 2.21. The number of hydrogen-bond donors (Lipinski definition) is 1. The zero-order valence-corrected chi connectivity index (χ0v) is 12.2. The standard InChI is InChI=1S/C16H24N2O/c1-12-4-5-14(13(2)8-12)16(10-19-11-16)15-9-18(3)7-6-17-15/h4-5,8,15,17H,6-7,9-11H2,1-3H3. The van der Waals surface area contributed by atoms with Crippen LogP contribution in [0.3, 0.4) is 0 Å². The first-order chi connectivity index (χ1) is 9.12. The molecule has 3 heteroatoms. The third-order valence-electron chi connectivity index (χ3n) is 4.68. The minimum absolute atomic E-state index is 0.173. The molecule has 1 N–H and O–H groups in total. The van der Waals surface area contributed by atoms with E-state index in [0.29, 0.717) is 6.04 Å². The van der Waals surface area contributed by atoms with Gasteiger partial charge in [0.2, 0.25) is 0 Å². The lowest BCUT2D eigenvalue weighted by molar-refractivity contribution is -0.0868. The van der Waals surface area contributed by atoms with Crippen LogP contribution in [0.4, 0.5) is 0 Å². The molecule has 0 saturated carbocycles. The van der Waals surface area contributed by atoms with Gasteiger partial charge in [0.15, 0.2) is 0 Å². The molecule has 104 valence electrons. The first-order valence-corrected chi connectivity index (χ1v) is 7.19. The van der Waals surface area contributed by atoms with E-state index in [9.17, 15) is 0 Å². The number of rotatable bonds is 2. The lowest BCUT2D eigenvalue weighted by Crippen LogP contribution is -2.66. The van der Waals surface area contributed by atoms with Gasteiger partial charge in [-0.15, -0.1) is 0 Å². The SMILES string of the molecule is Cc1ccc(C2(C3CN(C)CCN3)COC2)c(C)c1. The van der Waals surface area contributed by atoms with E-state index in [0.717, 1.165) is 32.8 Å². The predicted octanol–water partition coefficient (Wildman–Crippen LogP) is 1.48. The van der Waals surface area contributed by atoms with Gasteiger partial charge in [-0.05, 0) is 32.0 Å². The van der Waals surface area contributed by atoms with E-state index in [1.807, 2.05) is 0 Å². The number of ether oxygens (including phenoxy) is 1. The fourth-order valence-corrected chi connectivity index (χ4v) is 3.51. The van der Waals surface area contributed by atoms with E-state index in [1.165, 1.54) is 16.7 Å². The summed E-state index contributed by atoms with van der Waals surface area (Å²) in [5, 5.41) is 3.71. The molecule has 2 saturated heterocycles. The first kappa shape index (κ1) is 13.1. The third-order valence-corrected chi connectivity index (χ3v) is 4.68. The molecular formula is C16H24N2O. The average Bonchev–Trinajstić information content (AvgIpc) is 2.30. The number of piperazine rings is 1. The molecule has 0 amide bonds. The highest BCUT2D eigenvalue weighted by molar-refractivity contribution is 5.40. The van der Waals surface area contributed by atoms with Crippen molar-refractivity contribution < 1.29 is 4.74 Å². The normalized spacial score (nSPS) is 27.0. The number of likely N-dealkylation sites (N-methyl/N-ethyl adjacent to an activating group) is 1. The van der Waals surface area contributed by atoms with Crippen molar-refractivity contribution in [2.24, 2.45) is 0 Å². The van der Waals surface area contributed by atoms with Gasteiger partial charge in [-0.2, -0.15) is 0 Å². The van der Waals surface area contributed by atoms with Crippen molar-refractivity contribution in [3.05, 3.63) is 34.9 Å². The Bertz CT molecular complexity index is 468. The van der Waals surface area contributed by atoms with Crippen LogP contribution in [0.25, 0.3) is 0 Å². The maximum Gasteiger partial charge on any atom is 0.0601 e. The Balaban J connectivity index is 1.94. The third kappa shape index (κ3) is 2.20. The summed E-state index contributed by atoms with van der Waals surface area (Å²) in [5.74, 6) is 0. The second kappa shape index (κ2) is 4.89. The summed E-state index contributed by atoms with van der Waals surface area (Å²) in [4.78, 5) is 2.42. The number of nitrogens with one attached hydrogen (secondary N) is 1. The lowest BCUT2D eigenvalue weighted by Gasteiger charge is -2.51. The Hall–Kier alpha value is -0.900. The average molecular weight is 260 g/mol. The molecule has 0 radical (unpaired) electrons. The van der Waals surface area contributed by atoms with E-state index in [4.69, 9.17) is 4.74 Å². The molecule has 1 unspecified atom stereocenters. The number of benzene rings is 1. The molecule has 2 heterocycles. The van der Waals surface area contributed by atoms with Crippen molar-refractivity contribution in [3.8, 4) is 0 Å². The van der Waals surface area contributed by atoms with Crippen LogP contribution in [-0.4, -0.2) is 50.8 Å². The van der Waals surface area contributed by atoms with Crippen LogP contribution in [0.15, 0.2) is 18.2 Å². The maximum absolute atomic E-state index is 5.61. The summed E-state index contributed by atoms with van der Waals surface area (Å²) in [5.41, 5.74) is 4.38. The van der Waals surface area contributed by atoms with E-state index in [2.05, 4.69) is 49.3 Å². The lowest BCUT2D eigenvalue weighted by atomic mass is 9.70. The predicted molar refractivity (Wildman–Crippen MR) is 77.7 cm³/mol. The minimum Gasteiger partial charge on any atom is -0.379 e. The molecule has 19 heavy (non-hydrogen) atoms. The zero-order chi connectivity index (χ0) is 13.5. The van der Waals surface area contributed by atoms with Crippen molar-refractivity contribution in [2.75, 3.05) is 39.9 Å². The molecule has 2 aliphatic rings. The monoisotopic (exact) mass is 260 g/mol. The summed E-state index contributed by atoms with van der Waals surface area (Å²) in [6, 6.07) is 7.33. The first-order valence-electron chi connectivity index (χ1n) is 7.19. The second-order valence-corrected chi connectivity index (χ2v) is 6.24. The molecule has 3 nitrogen and oxygen atoms in total. The zero-order valence-electron chi connectivity index (χ0n) is 12.2. The van der Waals surface area contributed by atoms with Crippen LogP contribution < -0.4 is 5.32 Å². The van der Waals surface area contributed by atoms with Gasteiger partial charge in [-0.1, -0.05) is 23.8 Å². The fraction of sp³-hybridized carbons (Fsp3) is 0.625. The molecule has 1 aromatic rings. The molecule has 2 aliphatic heterocycles. The highest BCUT2D eigenvalue weighted by atomic mass is 16.5. The molecule has 0 spiro atoms. The number of hydrogen-bond acceptors (Lipinski definition) is 3. The van der Waals surface area contributed by atoms with E-state index < -0.39 is 0 Å². The van der Waals surface area contributed by atoms with Gasteiger partial charge in [0.05, 0.1) is 18.6 Å². The van der Waals surface area contributed by atoms with Gasteiger partial charge in [0.1, 0.15) is 0 Å². The van der Waals surface area contributed by atoms with Crippen LogP contribution in [0.5, 0.6) is 0 Å². The van der Waals surface area contributed by atoms with Gasteiger partial charge in [-0.3, -0.25) is 0 Å². The van der Waals surface area contributed by atoms with Crippen molar-refractivity contribution >= 4 is 0 Å². The molecular weight excluding hydrogens is 236 g/mol. The van der Waals surface area contributed by atoms with E-state index in [1.54, 1.807) is 0 Å². The second-order valence-electron chi connectivity index (χ2n) is 6.24.